The Morgan fingerprint density at radius 2 is 1.62 bits per heavy atom. The minimum atomic E-state index is -3.79. The number of nitrogen functional groups attached to an aromatic ring is 1. The van der Waals surface area contributed by atoms with Gasteiger partial charge in [0.25, 0.3) is 10.0 Å². The number of nitrogens with two attached hydrogens (primary N) is 1. The summed E-state index contributed by atoms with van der Waals surface area (Å²) in [7, 11) is -0.728. The molecule has 0 aliphatic carbocycles. The molecular weight excluding hydrogens is 527 g/mol. The molecule has 0 saturated carbocycles. The van der Waals surface area contributed by atoms with Gasteiger partial charge >= 0.3 is 0 Å². The van der Waals surface area contributed by atoms with Crippen LogP contribution in [0.3, 0.4) is 0 Å². The number of thiol groups is 1. The Kier molecular flexibility index (Phi) is 12.1. The van der Waals surface area contributed by atoms with Crippen molar-refractivity contribution in [1.82, 2.24) is 9.29 Å². The van der Waals surface area contributed by atoms with Gasteiger partial charge in [-0.2, -0.15) is 12.6 Å². The van der Waals surface area contributed by atoms with Gasteiger partial charge in [0.15, 0.2) is 0 Å². The van der Waals surface area contributed by atoms with E-state index in [0.29, 0.717) is 11.1 Å². The molecule has 3 aromatic carbocycles. The minimum absolute atomic E-state index is 0.101. The topological polar surface area (TPSA) is 103 Å². The zero-order valence-corrected chi connectivity index (χ0v) is 23.8. The fourth-order valence-electron chi connectivity index (χ4n) is 3.54. The molecule has 0 radical (unpaired) electrons. The third-order valence-electron chi connectivity index (χ3n) is 5.41. The third-order valence-corrected chi connectivity index (χ3v) is 7.84. The summed E-state index contributed by atoms with van der Waals surface area (Å²) in [6, 6.07) is 23.5. The summed E-state index contributed by atoms with van der Waals surface area (Å²) in [4.78, 5) is 13.1. The summed E-state index contributed by atoms with van der Waals surface area (Å²) in [5, 5.41) is 3.31. The number of anilines is 1. The van der Waals surface area contributed by atoms with Gasteiger partial charge in [0.2, 0.25) is 5.91 Å². The van der Waals surface area contributed by atoms with Crippen LogP contribution in [-0.2, 0) is 19.6 Å². The van der Waals surface area contributed by atoms with Crippen LogP contribution in [0.5, 0.6) is 0 Å². The largest absolute Gasteiger partial charge is 0.399 e. The smallest absolute Gasteiger partial charge is 0.268 e. The molecule has 37 heavy (non-hydrogen) atoms. The molecule has 3 N–H and O–H groups in total. The Balaban J connectivity index is 0.000000455. The van der Waals surface area contributed by atoms with E-state index in [-0.39, 0.29) is 17.2 Å². The molecule has 198 valence electrons. The lowest BCUT2D eigenvalue weighted by Crippen LogP contribution is -2.21. The molecule has 7 nitrogen and oxygen atoms in total. The molecule has 1 amide bonds. The predicted octanol–water partition coefficient (Wildman–Crippen LogP) is 5.24. The predicted molar refractivity (Wildman–Crippen MR) is 157 cm³/mol. The first-order chi connectivity index (χ1) is 17.8. The highest BCUT2D eigenvalue weighted by Crippen LogP contribution is 2.33. The maximum Gasteiger partial charge on any atom is 0.268 e. The van der Waals surface area contributed by atoms with E-state index in [2.05, 4.69) is 17.9 Å². The second-order valence-corrected chi connectivity index (χ2v) is 10.3. The van der Waals surface area contributed by atoms with Gasteiger partial charge in [-0.3, -0.25) is 4.79 Å². The first kappa shape index (κ1) is 30.3. The van der Waals surface area contributed by atoms with Crippen molar-refractivity contribution in [2.45, 2.75) is 22.3 Å². The zero-order valence-electron chi connectivity index (χ0n) is 21.3. The number of fused-ring (bicyclic) bond motifs is 1. The van der Waals surface area contributed by atoms with Crippen molar-refractivity contribution in [2.24, 2.45) is 0 Å². The maximum atomic E-state index is 13.3. The first-order valence-electron chi connectivity index (χ1n) is 11.3. The number of carbonyl (C=O) groups excluding carboxylic acids is 1. The molecule has 0 saturated heterocycles. The van der Waals surface area contributed by atoms with Crippen LogP contribution >= 0.6 is 24.4 Å². The average molecular weight is 560 g/mol. The number of nitrogens with one attached hydrogen (secondary N) is 1. The van der Waals surface area contributed by atoms with Crippen molar-refractivity contribution in [1.29, 1.82) is 0 Å². The second kappa shape index (κ2) is 14.7. The SMILES string of the molecule is CNC(=O)CC(OC)c1cn(S(=O)(=O)c2ccc(SC)cc2)c2ccccc12.CS.Nc1ccccc1. The number of hydrogen-bond acceptors (Lipinski definition) is 7. The van der Waals surface area contributed by atoms with Gasteiger partial charge in [-0.05, 0) is 55.0 Å². The molecular formula is C27H33N3O4S3. The summed E-state index contributed by atoms with van der Waals surface area (Å²) in [5.41, 5.74) is 7.38. The monoisotopic (exact) mass is 559 g/mol. The quantitative estimate of drug-likeness (QED) is 0.163. The minimum Gasteiger partial charge on any atom is -0.399 e. The van der Waals surface area contributed by atoms with Crippen molar-refractivity contribution >= 4 is 56.9 Å². The molecule has 0 bridgehead atoms. The van der Waals surface area contributed by atoms with Crippen LogP contribution < -0.4 is 11.1 Å². The maximum absolute atomic E-state index is 13.3. The highest BCUT2D eigenvalue weighted by Gasteiger charge is 2.25. The number of hydrogen-bond donors (Lipinski definition) is 3. The molecule has 0 aliphatic rings. The van der Waals surface area contributed by atoms with Crippen LogP contribution in [0.4, 0.5) is 5.69 Å². The zero-order chi connectivity index (χ0) is 27.4. The summed E-state index contributed by atoms with van der Waals surface area (Å²) in [6.07, 6.45) is 4.73. The standard InChI is InChI=1S/C20H22N2O4S2.C6H7N.CH4S/c1-21-20(23)12-19(26-2)17-13-22(18-7-5-4-6-16(17)18)28(24,25)15-10-8-14(27-3)9-11-15;7-6-4-2-1-3-5-6;1-2/h4-11,13,19H,12H2,1-3H3,(H,21,23);1-5H,7H2;2H,1H3. The lowest BCUT2D eigenvalue weighted by atomic mass is 10.1. The molecule has 0 fully saturated rings. The Morgan fingerprint density at radius 3 is 2.14 bits per heavy atom. The van der Waals surface area contributed by atoms with Crippen LogP contribution in [-0.4, -0.2) is 45.0 Å². The van der Waals surface area contributed by atoms with Gasteiger partial charge < -0.3 is 15.8 Å². The molecule has 1 heterocycles. The molecule has 4 rings (SSSR count). The number of ether oxygens (including phenoxy) is 1. The number of benzene rings is 3. The second-order valence-electron chi connectivity index (χ2n) is 7.59. The lowest BCUT2D eigenvalue weighted by Gasteiger charge is -2.13. The Labute approximate surface area is 228 Å². The molecule has 1 atom stereocenters. The molecule has 4 aromatic rings. The summed E-state index contributed by atoms with van der Waals surface area (Å²) < 4.78 is 33.3. The van der Waals surface area contributed by atoms with Crippen LogP contribution in [0.1, 0.15) is 18.1 Å². The van der Waals surface area contributed by atoms with Crippen LogP contribution in [0.2, 0.25) is 0 Å². The van der Waals surface area contributed by atoms with Gasteiger partial charge in [-0.15, -0.1) is 11.8 Å². The fourth-order valence-corrected chi connectivity index (χ4v) is 5.32. The van der Waals surface area contributed by atoms with Crippen molar-refractivity contribution in [3.63, 3.8) is 0 Å². The van der Waals surface area contributed by atoms with Crippen LogP contribution in [0.15, 0.2) is 94.9 Å². The Bertz CT molecular complexity index is 1370. The third kappa shape index (κ3) is 7.78. The Morgan fingerprint density at radius 1 is 1.03 bits per heavy atom. The Hall–Kier alpha value is -2.92. The van der Waals surface area contributed by atoms with E-state index < -0.39 is 16.1 Å². The summed E-state index contributed by atoms with van der Waals surface area (Å²) >= 11 is 5.08. The van der Waals surface area contributed by atoms with Crippen molar-refractivity contribution < 1.29 is 17.9 Å². The summed E-state index contributed by atoms with van der Waals surface area (Å²) in [6.45, 7) is 0. The van der Waals surface area contributed by atoms with Crippen molar-refractivity contribution in [3.05, 3.63) is 90.6 Å². The van der Waals surface area contributed by atoms with Crippen molar-refractivity contribution in [2.75, 3.05) is 32.4 Å². The van der Waals surface area contributed by atoms with E-state index in [1.807, 2.05) is 48.7 Å². The molecule has 1 unspecified atom stereocenters. The number of nitrogens with zero attached hydrogens (tertiary/aromatic N) is 1. The van der Waals surface area contributed by atoms with Gasteiger partial charge in [0.1, 0.15) is 0 Å². The van der Waals surface area contributed by atoms with Gasteiger partial charge in [0.05, 0.1) is 22.9 Å². The van der Waals surface area contributed by atoms with Gasteiger partial charge in [0, 0.05) is 41.9 Å². The van der Waals surface area contributed by atoms with E-state index in [1.165, 1.54) is 11.1 Å². The van der Waals surface area contributed by atoms with E-state index in [4.69, 9.17) is 10.5 Å². The number of amides is 1. The number of methoxy groups -OCH3 is 1. The van der Waals surface area contributed by atoms with E-state index in [0.717, 1.165) is 16.0 Å². The number of thioether (sulfide) groups is 1. The molecule has 0 spiro atoms. The first-order valence-corrected chi connectivity index (χ1v) is 14.9. The highest BCUT2D eigenvalue weighted by molar-refractivity contribution is 7.98. The van der Waals surface area contributed by atoms with E-state index in [1.54, 1.807) is 67.7 Å². The molecule has 10 heteroatoms. The van der Waals surface area contributed by atoms with E-state index in [9.17, 15) is 13.2 Å². The number of carbonyl (C=O) groups is 1. The molecule has 0 aliphatic heterocycles. The number of para-hydroxylation sites is 2. The summed E-state index contributed by atoms with van der Waals surface area (Å²) in [5.74, 6) is -0.181. The highest BCUT2D eigenvalue weighted by atomic mass is 32.2. The van der Waals surface area contributed by atoms with Gasteiger partial charge in [-0.25, -0.2) is 12.4 Å². The fraction of sp³-hybridized carbons (Fsp3) is 0.222. The lowest BCUT2D eigenvalue weighted by molar-refractivity contribution is -0.123. The van der Waals surface area contributed by atoms with Gasteiger partial charge in [-0.1, -0.05) is 36.4 Å². The molecule has 1 aromatic heterocycles. The van der Waals surface area contributed by atoms with Crippen LogP contribution in [0.25, 0.3) is 10.9 Å². The number of rotatable bonds is 7. The van der Waals surface area contributed by atoms with Crippen molar-refractivity contribution in [3.8, 4) is 0 Å². The van der Waals surface area contributed by atoms with E-state index >= 15 is 0 Å². The van der Waals surface area contributed by atoms with Crippen LogP contribution in [0, 0.1) is 0 Å². The number of aromatic nitrogens is 1. The average Bonchev–Trinajstić information content (AvgIpc) is 3.34. The normalized spacial score (nSPS) is 11.5.